The molecule has 4 aromatic carbocycles. The van der Waals surface area contributed by atoms with E-state index in [4.69, 9.17) is 9.57 Å². The number of hydrogen-bond acceptors (Lipinski definition) is 4. The third-order valence-corrected chi connectivity index (χ3v) is 7.23. The molecular formula is C33H29BrN2O3. The molecule has 0 unspecified atom stereocenters. The molecule has 0 aliphatic heterocycles. The molecule has 0 aliphatic carbocycles. The van der Waals surface area contributed by atoms with E-state index in [2.05, 4.69) is 27.2 Å². The van der Waals surface area contributed by atoms with E-state index in [0.717, 1.165) is 37.6 Å². The van der Waals surface area contributed by atoms with E-state index in [9.17, 15) is 4.79 Å². The molecule has 5 aromatic rings. The summed E-state index contributed by atoms with van der Waals surface area (Å²) in [6.45, 7) is 2.02. The summed E-state index contributed by atoms with van der Waals surface area (Å²) in [5.74, 6) is -0.507. The number of esters is 1. The molecule has 5 nitrogen and oxygen atoms in total. The van der Waals surface area contributed by atoms with Crippen molar-refractivity contribution in [2.45, 2.75) is 18.9 Å². The van der Waals surface area contributed by atoms with Crippen LogP contribution in [0.4, 0.5) is 0 Å². The van der Waals surface area contributed by atoms with Crippen molar-refractivity contribution >= 4 is 38.5 Å². The van der Waals surface area contributed by atoms with Gasteiger partial charge in [-0.1, -0.05) is 112 Å². The van der Waals surface area contributed by atoms with Gasteiger partial charge in [-0.3, -0.25) is 0 Å². The first-order valence-corrected chi connectivity index (χ1v) is 13.6. The Balaban J connectivity index is 1.67. The molecule has 0 fully saturated rings. The molecule has 0 saturated heterocycles. The van der Waals surface area contributed by atoms with E-state index in [-0.39, 0.29) is 18.7 Å². The third-order valence-electron chi connectivity index (χ3n) is 6.74. The summed E-state index contributed by atoms with van der Waals surface area (Å²) in [6.07, 6.45) is 2.27. The summed E-state index contributed by atoms with van der Waals surface area (Å²) >= 11 is 3.57. The van der Waals surface area contributed by atoms with Crippen LogP contribution < -0.4 is 0 Å². The Hall–Kier alpha value is -4.16. The number of rotatable bonds is 9. The molecule has 0 aliphatic rings. The summed E-state index contributed by atoms with van der Waals surface area (Å²) < 4.78 is 8.44. The van der Waals surface area contributed by atoms with Crippen LogP contribution in [0, 0.1) is 0 Å². The Morgan fingerprint density at radius 1 is 0.846 bits per heavy atom. The fourth-order valence-electron chi connectivity index (χ4n) is 4.92. The Bertz CT molecular complexity index is 1500. The first kappa shape index (κ1) is 26.4. The molecule has 0 spiro atoms. The third kappa shape index (κ3) is 5.38. The molecule has 39 heavy (non-hydrogen) atoms. The Morgan fingerprint density at radius 2 is 1.38 bits per heavy atom. The van der Waals surface area contributed by atoms with Gasteiger partial charge >= 0.3 is 5.97 Å². The second-order valence-electron chi connectivity index (χ2n) is 9.23. The number of oxime groups is 1. The van der Waals surface area contributed by atoms with E-state index in [1.165, 1.54) is 0 Å². The molecule has 1 heterocycles. The number of carbonyl (C=O) groups is 1. The SMILES string of the molecule is CCOC(=O)/C(Cc1cn(C)c2ccc(Br)cc12)=N/OC(c1ccccc1)(c1ccccc1)c1ccccc1. The Morgan fingerprint density at radius 3 is 1.90 bits per heavy atom. The average Bonchev–Trinajstić information content (AvgIpc) is 3.28. The average molecular weight is 582 g/mol. The van der Waals surface area contributed by atoms with E-state index in [1.807, 2.05) is 121 Å². The zero-order valence-electron chi connectivity index (χ0n) is 21.9. The molecule has 5 rings (SSSR count). The van der Waals surface area contributed by atoms with Crippen LogP contribution in [-0.2, 0) is 33.4 Å². The van der Waals surface area contributed by atoms with E-state index in [1.54, 1.807) is 6.92 Å². The standard InChI is InChI=1S/C33H29BrN2O3/c1-3-38-32(37)30(21-24-23-36(2)31-20-19-28(34)22-29(24)31)35-39-33(25-13-7-4-8-14-25,26-15-9-5-10-16-26)27-17-11-6-12-18-27/h4-20,22-23H,3,21H2,1-2H3/b35-30+. The minimum Gasteiger partial charge on any atom is -0.461 e. The van der Waals surface area contributed by atoms with E-state index < -0.39 is 11.6 Å². The number of fused-ring (bicyclic) bond motifs is 1. The predicted molar refractivity (Wildman–Crippen MR) is 159 cm³/mol. The fourth-order valence-corrected chi connectivity index (χ4v) is 5.28. The van der Waals surface area contributed by atoms with Crippen molar-refractivity contribution in [3.8, 4) is 0 Å². The van der Waals surface area contributed by atoms with Gasteiger partial charge in [0.25, 0.3) is 0 Å². The normalized spacial score (nSPS) is 11.9. The lowest BCUT2D eigenvalue weighted by Gasteiger charge is -2.33. The monoisotopic (exact) mass is 580 g/mol. The molecular weight excluding hydrogens is 552 g/mol. The summed E-state index contributed by atoms with van der Waals surface area (Å²) in [6, 6.07) is 36.0. The minimum atomic E-state index is -1.09. The van der Waals surface area contributed by atoms with Gasteiger partial charge in [-0.25, -0.2) is 4.79 Å². The van der Waals surface area contributed by atoms with Crippen molar-refractivity contribution in [2.24, 2.45) is 12.2 Å². The Kier molecular flexibility index (Phi) is 7.94. The molecule has 0 bridgehead atoms. The highest BCUT2D eigenvalue weighted by molar-refractivity contribution is 9.10. The van der Waals surface area contributed by atoms with Gasteiger partial charge < -0.3 is 14.1 Å². The van der Waals surface area contributed by atoms with Gasteiger partial charge in [0, 0.05) is 51.7 Å². The maximum atomic E-state index is 13.2. The zero-order chi connectivity index (χ0) is 27.2. The molecule has 196 valence electrons. The van der Waals surface area contributed by atoms with Crippen molar-refractivity contribution < 1.29 is 14.4 Å². The van der Waals surface area contributed by atoms with Crippen molar-refractivity contribution in [1.29, 1.82) is 0 Å². The maximum Gasteiger partial charge on any atom is 0.356 e. The highest BCUT2D eigenvalue weighted by Gasteiger charge is 2.40. The largest absolute Gasteiger partial charge is 0.461 e. The van der Waals surface area contributed by atoms with Crippen LogP contribution in [0.3, 0.4) is 0 Å². The number of benzene rings is 4. The highest BCUT2D eigenvalue weighted by Crippen LogP contribution is 2.40. The molecule has 6 heteroatoms. The molecule has 0 N–H and O–H groups in total. The molecule has 0 amide bonds. The van der Waals surface area contributed by atoms with Crippen molar-refractivity contribution in [3.05, 3.63) is 142 Å². The summed E-state index contributed by atoms with van der Waals surface area (Å²) in [5, 5.41) is 5.63. The van der Waals surface area contributed by atoms with Gasteiger partial charge in [0.1, 0.15) is 0 Å². The van der Waals surface area contributed by atoms with Crippen LogP contribution in [0.25, 0.3) is 10.9 Å². The Labute approximate surface area is 236 Å². The fraction of sp³-hybridized carbons (Fsp3) is 0.152. The first-order valence-electron chi connectivity index (χ1n) is 12.8. The van der Waals surface area contributed by atoms with Crippen LogP contribution in [0.1, 0.15) is 29.2 Å². The van der Waals surface area contributed by atoms with Gasteiger partial charge in [0.2, 0.25) is 5.60 Å². The van der Waals surface area contributed by atoms with Gasteiger partial charge in [-0.05, 0) is 30.7 Å². The lowest BCUT2D eigenvalue weighted by molar-refractivity contribution is -0.135. The van der Waals surface area contributed by atoms with E-state index >= 15 is 0 Å². The topological polar surface area (TPSA) is 52.8 Å². The van der Waals surface area contributed by atoms with Gasteiger partial charge in [-0.15, -0.1) is 0 Å². The second-order valence-corrected chi connectivity index (χ2v) is 10.1. The number of carbonyl (C=O) groups excluding carboxylic acids is 1. The number of hydrogen-bond donors (Lipinski definition) is 0. The van der Waals surface area contributed by atoms with Crippen LogP contribution in [0.2, 0.25) is 0 Å². The zero-order valence-corrected chi connectivity index (χ0v) is 23.5. The molecule has 0 atom stereocenters. The lowest BCUT2D eigenvalue weighted by atomic mass is 9.80. The van der Waals surface area contributed by atoms with Crippen LogP contribution in [0.5, 0.6) is 0 Å². The van der Waals surface area contributed by atoms with Crippen LogP contribution in [0.15, 0.2) is 125 Å². The van der Waals surface area contributed by atoms with Gasteiger partial charge in [0.05, 0.1) is 6.61 Å². The van der Waals surface area contributed by atoms with Crippen LogP contribution in [-0.4, -0.2) is 22.9 Å². The number of halogens is 1. The maximum absolute atomic E-state index is 13.2. The number of nitrogens with zero attached hydrogens (tertiary/aromatic N) is 2. The summed E-state index contributed by atoms with van der Waals surface area (Å²) in [4.78, 5) is 19.8. The smallest absolute Gasteiger partial charge is 0.356 e. The van der Waals surface area contributed by atoms with Crippen molar-refractivity contribution in [2.75, 3.05) is 6.61 Å². The minimum absolute atomic E-state index is 0.191. The lowest BCUT2D eigenvalue weighted by Crippen LogP contribution is -2.32. The number of aromatic nitrogens is 1. The van der Waals surface area contributed by atoms with E-state index in [0.29, 0.717) is 0 Å². The first-order chi connectivity index (χ1) is 19.0. The second kappa shape index (κ2) is 11.7. The molecule has 1 aromatic heterocycles. The summed E-state index contributed by atoms with van der Waals surface area (Å²) in [5.41, 5.74) is 3.79. The summed E-state index contributed by atoms with van der Waals surface area (Å²) in [7, 11) is 1.99. The highest BCUT2D eigenvalue weighted by atomic mass is 79.9. The number of aryl methyl sites for hydroxylation is 1. The van der Waals surface area contributed by atoms with Gasteiger partial charge in [0.15, 0.2) is 5.71 Å². The van der Waals surface area contributed by atoms with Crippen molar-refractivity contribution in [1.82, 2.24) is 4.57 Å². The molecule has 0 saturated carbocycles. The van der Waals surface area contributed by atoms with Gasteiger partial charge in [-0.2, -0.15) is 0 Å². The predicted octanol–water partition coefficient (Wildman–Crippen LogP) is 7.41. The quantitative estimate of drug-likeness (QED) is 0.0789. The van der Waals surface area contributed by atoms with Crippen LogP contribution >= 0.6 is 15.9 Å². The van der Waals surface area contributed by atoms with Crippen molar-refractivity contribution in [3.63, 3.8) is 0 Å². The molecule has 0 radical (unpaired) electrons. The number of ether oxygens (including phenoxy) is 1.